The van der Waals surface area contributed by atoms with Gasteiger partial charge in [-0.3, -0.25) is 9.78 Å². The van der Waals surface area contributed by atoms with Gasteiger partial charge in [0.2, 0.25) is 0 Å². The number of nitrogens with zero attached hydrogens (tertiary/aromatic N) is 1. The number of pyridine rings is 1. The van der Waals surface area contributed by atoms with E-state index in [2.05, 4.69) is 15.6 Å². The fourth-order valence-electron chi connectivity index (χ4n) is 3.03. The number of carbonyl (C=O) groups is 1. The highest BCUT2D eigenvalue weighted by Crippen LogP contribution is 2.25. The van der Waals surface area contributed by atoms with E-state index in [1.54, 1.807) is 12.3 Å². The van der Waals surface area contributed by atoms with Crippen molar-refractivity contribution in [2.75, 3.05) is 5.32 Å². The van der Waals surface area contributed by atoms with E-state index in [0.29, 0.717) is 10.7 Å². The number of rotatable bonds is 4. The van der Waals surface area contributed by atoms with Crippen molar-refractivity contribution in [2.45, 2.75) is 44.6 Å². The molecule has 0 radical (unpaired) electrons. The van der Waals surface area contributed by atoms with Crippen molar-refractivity contribution in [3.63, 3.8) is 0 Å². The first-order valence-electron chi connectivity index (χ1n) is 8.51. The third-order valence-corrected chi connectivity index (χ3v) is 4.67. The summed E-state index contributed by atoms with van der Waals surface area (Å²) in [6.07, 6.45) is 8.66. The number of nitrogens with one attached hydrogen (secondary N) is 2. The quantitative estimate of drug-likeness (QED) is 0.774. The van der Waals surface area contributed by atoms with E-state index in [1.807, 2.05) is 30.3 Å². The molecule has 1 amide bonds. The number of hydrogen-bond donors (Lipinski definition) is 2. The standard InChI is InChI=1S/C19H22ClN3O/c20-16-9-5-6-10-17(16)22-15-11-12-21-18(13-15)19(24)23-14-7-3-1-2-4-8-14/h5-6,9-14H,1-4,7-8H2,(H,21,22)(H,23,24). The van der Waals surface area contributed by atoms with E-state index in [9.17, 15) is 4.79 Å². The van der Waals surface area contributed by atoms with E-state index < -0.39 is 0 Å². The Morgan fingerprint density at radius 3 is 2.58 bits per heavy atom. The van der Waals surface area contributed by atoms with Crippen LogP contribution in [-0.2, 0) is 0 Å². The molecule has 1 aromatic carbocycles. The maximum Gasteiger partial charge on any atom is 0.270 e. The van der Waals surface area contributed by atoms with Gasteiger partial charge in [0.25, 0.3) is 5.91 Å². The Morgan fingerprint density at radius 1 is 1.08 bits per heavy atom. The normalized spacial score (nSPS) is 15.5. The predicted molar refractivity (Wildman–Crippen MR) is 97.9 cm³/mol. The van der Waals surface area contributed by atoms with E-state index >= 15 is 0 Å². The molecule has 4 nitrogen and oxygen atoms in total. The molecule has 1 fully saturated rings. The van der Waals surface area contributed by atoms with Crippen molar-refractivity contribution in [1.29, 1.82) is 0 Å². The maximum atomic E-state index is 12.5. The first-order chi connectivity index (χ1) is 11.7. The fraction of sp³-hybridized carbons (Fsp3) is 0.368. The van der Waals surface area contributed by atoms with Crippen molar-refractivity contribution in [3.8, 4) is 0 Å². The number of anilines is 2. The molecule has 2 N–H and O–H groups in total. The van der Waals surface area contributed by atoms with Crippen molar-refractivity contribution in [2.24, 2.45) is 0 Å². The fourth-order valence-corrected chi connectivity index (χ4v) is 3.22. The molecule has 1 heterocycles. The summed E-state index contributed by atoms with van der Waals surface area (Å²) in [4.78, 5) is 16.7. The minimum atomic E-state index is -0.107. The highest BCUT2D eigenvalue weighted by atomic mass is 35.5. The molecule has 0 bridgehead atoms. The third-order valence-electron chi connectivity index (χ3n) is 4.34. The summed E-state index contributed by atoms with van der Waals surface area (Å²) in [6.45, 7) is 0. The molecule has 1 aliphatic rings. The minimum Gasteiger partial charge on any atom is -0.354 e. The maximum absolute atomic E-state index is 12.5. The molecule has 2 aromatic rings. The average molecular weight is 344 g/mol. The lowest BCUT2D eigenvalue weighted by Gasteiger charge is -2.16. The second kappa shape index (κ2) is 8.15. The van der Waals surface area contributed by atoms with Gasteiger partial charge in [-0.05, 0) is 37.1 Å². The number of para-hydroxylation sites is 1. The lowest BCUT2D eigenvalue weighted by molar-refractivity contribution is 0.0928. The van der Waals surface area contributed by atoms with Gasteiger partial charge in [0.15, 0.2) is 0 Å². The Labute approximate surface area is 147 Å². The predicted octanol–water partition coefficient (Wildman–Crippen LogP) is 4.93. The van der Waals surface area contributed by atoms with Crippen LogP contribution in [0.4, 0.5) is 11.4 Å². The summed E-state index contributed by atoms with van der Waals surface area (Å²) in [5.41, 5.74) is 2.03. The Balaban J connectivity index is 1.68. The highest BCUT2D eigenvalue weighted by Gasteiger charge is 2.16. The lowest BCUT2D eigenvalue weighted by atomic mass is 10.1. The van der Waals surface area contributed by atoms with Crippen LogP contribution in [0.2, 0.25) is 5.02 Å². The number of aromatic nitrogens is 1. The Morgan fingerprint density at radius 2 is 1.83 bits per heavy atom. The van der Waals surface area contributed by atoms with Crippen molar-refractivity contribution >= 4 is 28.9 Å². The zero-order valence-electron chi connectivity index (χ0n) is 13.6. The van der Waals surface area contributed by atoms with Crippen molar-refractivity contribution < 1.29 is 4.79 Å². The minimum absolute atomic E-state index is 0.107. The van der Waals surface area contributed by atoms with Crippen LogP contribution >= 0.6 is 11.6 Å². The SMILES string of the molecule is O=C(NC1CCCCCC1)c1cc(Nc2ccccc2Cl)ccn1. The number of benzene rings is 1. The Hall–Kier alpha value is -2.07. The molecule has 0 saturated heterocycles. The molecule has 1 aromatic heterocycles. The van der Waals surface area contributed by atoms with Gasteiger partial charge in [-0.25, -0.2) is 0 Å². The molecule has 0 atom stereocenters. The number of hydrogen-bond acceptors (Lipinski definition) is 3. The summed E-state index contributed by atoms with van der Waals surface area (Å²) in [5.74, 6) is -0.107. The van der Waals surface area contributed by atoms with Gasteiger partial charge < -0.3 is 10.6 Å². The van der Waals surface area contributed by atoms with Crippen LogP contribution in [0.25, 0.3) is 0 Å². The van der Waals surface area contributed by atoms with Gasteiger partial charge in [0, 0.05) is 17.9 Å². The zero-order chi connectivity index (χ0) is 16.8. The molecule has 3 rings (SSSR count). The van der Waals surface area contributed by atoms with Crippen LogP contribution < -0.4 is 10.6 Å². The first kappa shape index (κ1) is 16.8. The van der Waals surface area contributed by atoms with Crippen molar-refractivity contribution in [1.82, 2.24) is 10.3 Å². The topological polar surface area (TPSA) is 54.0 Å². The van der Waals surface area contributed by atoms with Crippen LogP contribution in [0.15, 0.2) is 42.6 Å². The van der Waals surface area contributed by atoms with Gasteiger partial charge in [-0.2, -0.15) is 0 Å². The third kappa shape index (κ3) is 4.48. The second-order valence-electron chi connectivity index (χ2n) is 6.20. The van der Waals surface area contributed by atoms with Gasteiger partial charge in [-0.1, -0.05) is 49.4 Å². The molecule has 1 aliphatic carbocycles. The summed E-state index contributed by atoms with van der Waals surface area (Å²) < 4.78 is 0. The average Bonchev–Trinajstić information content (AvgIpc) is 2.86. The first-order valence-corrected chi connectivity index (χ1v) is 8.88. The molecule has 5 heteroatoms. The number of halogens is 1. The molecular formula is C19H22ClN3O. The van der Waals surface area contributed by atoms with Gasteiger partial charge in [0.1, 0.15) is 5.69 Å². The summed E-state index contributed by atoms with van der Waals surface area (Å²) >= 11 is 6.16. The monoisotopic (exact) mass is 343 g/mol. The summed E-state index contributed by atoms with van der Waals surface area (Å²) in [7, 11) is 0. The Bertz CT molecular complexity index is 697. The van der Waals surface area contributed by atoms with E-state index in [1.165, 1.54) is 25.7 Å². The smallest absolute Gasteiger partial charge is 0.270 e. The Kier molecular flexibility index (Phi) is 5.70. The summed E-state index contributed by atoms with van der Waals surface area (Å²) in [5, 5.41) is 6.99. The molecule has 24 heavy (non-hydrogen) atoms. The van der Waals surface area contributed by atoms with E-state index in [0.717, 1.165) is 24.2 Å². The van der Waals surface area contributed by atoms with Gasteiger partial charge in [0.05, 0.1) is 10.7 Å². The summed E-state index contributed by atoms with van der Waals surface area (Å²) in [6, 6.07) is 11.4. The second-order valence-corrected chi connectivity index (χ2v) is 6.60. The largest absolute Gasteiger partial charge is 0.354 e. The van der Waals surface area contributed by atoms with Crippen LogP contribution in [0.5, 0.6) is 0 Å². The molecule has 0 unspecified atom stereocenters. The van der Waals surface area contributed by atoms with E-state index in [4.69, 9.17) is 11.6 Å². The van der Waals surface area contributed by atoms with Crippen LogP contribution in [0, 0.1) is 0 Å². The van der Waals surface area contributed by atoms with Crippen molar-refractivity contribution in [3.05, 3.63) is 53.3 Å². The molecule has 126 valence electrons. The number of amides is 1. The lowest BCUT2D eigenvalue weighted by Crippen LogP contribution is -2.34. The van der Waals surface area contributed by atoms with Crippen LogP contribution in [0.3, 0.4) is 0 Å². The van der Waals surface area contributed by atoms with Gasteiger partial charge in [-0.15, -0.1) is 0 Å². The molecular weight excluding hydrogens is 322 g/mol. The van der Waals surface area contributed by atoms with Gasteiger partial charge >= 0.3 is 0 Å². The molecule has 1 saturated carbocycles. The van der Waals surface area contributed by atoms with E-state index in [-0.39, 0.29) is 11.9 Å². The van der Waals surface area contributed by atoms with Crippen LogP contribution in [0.1, 0.15) is 49.0 Å². The van der Waals surface area contributed by atoms with Crippen LogP contribution in [-0.4, -0.2) is 16.9 Å². The molecule has 0 spiro atoms. The zero-order valence-corrected chi connectivity index (χ0v) is 14.4. The molecule has 0 aliphatic heterocycles. The number of carbonyl (C=O) groups excluding carboxylic acids is 1. The highest BCUT2D eigenvalue weighted by molar-refractivity contribution is 6.33.